The van der Waals surface area contributed by atoms with Gasteiger partial charge < -0.3 is 10.2 Å². The number of halogens is 2. The Morgan fingerprint density at radius 1 is 0.872 bits per heavy atom. The fourth-order valence-electron chi connectivity index (χ4n) is 3.96. The molecule has 2 amide bonds. The minimum Gasteiger partial charge on any atom is -0.354 e. The van der Waals surface area contributed by atoms with E-state index in [1.807, 2.05) is 50.2 Å². The van der Waals surface area contributed by atoms with E-state index in [-0.39, 0.29) is 29.7 Å². The molecule has 1 N–H and O–H groups in total. The van der Waals surface area contributed by atoms with E-state index in [0.717, 1.165) is 9.87 Å². The third-order valence-corrected chi connectivity index (χ3v) is 8.38. The molecule has 0 saturated carbocycles. The Labute approximate surface area is 240 Å². The number of hydrogen-bond acceptors (Lipinski definition) is 4. The van der Waals surface area contributed by atoms with E-state index in [4.69, 9.17) is 23.2 Å². The summed E-state index contributed by atoms with van der Waals surface area (Å²) in [5.41, 5.74) is 1.59. The van der Waals surface area contributed by atoms with Crippen molar-refractivity contribution in [1.82, 2.24) is 14.5 Å². The average Bonchev–Trinajstić information content (AvgIpc) is 2.90. The van der Waals surface area contributed by atoms with Crippen LogP contribution in [0, 0.1) is 5.92 Å². The average molecular weight is 591 g/mol. The van der Waals surface area contributed by atoms with Crippen molar-refractivity contribution in [2.75, 3.05) is 20.1 Å². The second kappa shape index (κ2) is 13.9. The van der Waals surface area contributed by atoms with E-state index in [0.29, 0.717) is 22.2 Å². The number of benzene rings is 3. The molecule has 0 heterocycles. The Bertz CT molecular complexity index is 1370. The maximum absolute atomic E-state index is 13.8. The van der Waals surface area contributed by atoms with Crippen molar-refractivity contribution in [1.29, 1.82) is 0 Å². The van der Waals surface area contributed by atoms with Gasteiger partial charge in [0.15, 0.2) is 0 Å². The number of hydrogen-bond donors (Lipinski definition) is 1. The van der Waals surface area contributed by atoms with Crippen molar-refractivity contribution in [3.8, 4) is 0 Å². The van der Waals surface area contributed by atoms with Crippen molar-refractivity contribution >= 4 is 45.0 Å². The highest BCUT2D eigenvalue weighted by atomic mass is 35.5. The van der Waals surface area contributed by atoms with Gasteiger partial charge in [0.2, 0.25) is 21.8 Å². The number of amides is 2. The lowest BCUT2D eigenvalue weighted by molar-refractivity contribution is -0.141. The van der Waals surface area contributed by atoms with Gasteiger partial charge in [-0.2, -0.15) is 4.31 Å². The third kappa shape index (κ3) is 8.80. The fraction of sp³-hybridized carbons (Fsp3) is 0.310. The van der Waals surface area contributed by atoms with E-state index in [9.17, 15) is 18.0 Å². The first-order valence-electron chi connectivity index (χ1n) is 12.5. The predicted molar refractivity (Wildman–Crippen MR) is 155 cm³/mol. The molecule has 0 aliphatic rings. The first-order valence-corrected chi connectivity index (χ1v) is 14.7. The third-order valence-electron chi connectivity index (χ3n) is 6.08. The van der Waals surface area contributed by atoms with Crippen molar-refractivity contribution in [2.45, 2.75) is 37.8 Å². The van der Waals surface area contributed by atoms with E-state index in [1.54, 1.807) is 18.2 Å². The van der Waals surface area contributed by atoms with Gasteiger partial charge in [0, 0.05) is 36.6 Å². The van der Waals surface area contributed by atoms with Gasteiger partial charge in [0.1, 0.15) is 6.04 Å². The summed E-state index contributed by atoms with van der Waals surface area (Å²) in [5.74, 6) is -0.624. The monoisotopic (exact) mass is 589 g/mol. The van der Waals surface area contributed by atoms with Crippen LogP contribution in [0.3, 0.4) is 0 Å². The van der Waals surface area contributed by atoms with Crippen LogP contribution in [0.4, 0.5) is 0 Å². The summed E-state index contributed by atoms with van der Waals surface area (Å²) in [4.78, 5) is 28.8. The summed E-state index contributed by atoms with van der Waals surface area (Å²) in [5, 5.41) is 3.84. The van der Waals surface area contributed by atoms with E-state index in [1.165, 1.54) is 36.2 Å². The van der Waals surface area contributed by atoms with Crippen LogP contribution in [0.1, 0.15) is 25.0 Å². The molecule has 0 aliphatic heterocycles. The van der Waals surface area contributed by atoms with Gasteiger partial charge >= 0.3 is 0 Å². The molecule has 0 fully saturated rings. The highest BCUT2D eigenvalue weighted by Crippen LogP contribution is 2.20. The number of nitrogens with one attached hydrogen (secondary N) is 1. The molecule has 0 spiro atoms. The maximum atomic E-state index is 13.8. The molecule has 1 atom stereocenters. The molecule has 3 rings (SSSR count). The Kier molecular flexibility index (Phi) is 10.9. The molecule has 0 unspecified atom stereocenters. The number of carbonyl (C=O) groups excluding carboxylic acids is 2. The van der Waals surface area contributed by atoms with Gasteiger partial charge in [-0.3, -0.25) is 9.59 Å². The van der Waals surface area contributed by atoms with Gasteiger partial charge in [0.05, 0.1) is 11.4 Å². The van der Waals surface area contributed by atoms with Gasteiger partial charge in [-0.1, -0.05) is 79.5 Å². The summed E-state index contributed by atoms with van der Waals surface area (Å²) < 4.78 is 27.4. The Balaban J connectivity index is 1.96. The second-order valence-corrected chi connectivity index (χ2v) is 12.6. The van der Waals surface area contributed by atoms with Gasteiger partial charge in [0.25, 0.3) is 0 Å². The SMILES string of the molecule is CC(C)CNC(=O)[C@@H](Cc1ccccc1)N(Cc1cccc(Cl)c1)C(=O)CN(C)S(=O)(=O)c1ccc(Cl)cc1. The lowest BCUT2D eigenvalue weighted by Crippen LogP contribution is -2.53. The molecular weight excluding hydrogens is 557 g/mol. The van der Waals surface area contributed by atoms with Crippen LogP contribution in [0.2, 0.25) is 10.0 Å². The topological polar surface area (TPSA) is 86.8 Å². The molecule has 3 aromatic carbocycles. The predicted octanol–water partition coefficient (Wildman–Crippen LogP) is 5.03. The molecular formula is C29H33Cl2N3O4S. The summed E-state index contributed by atoms with van der Waals surface area (Å²) in [7, 11) is -2.65. The summed E-state index contributed by atoms with van der Waals surface area (Å²) >= 11 is 12.1. The first-order chi connectivity index (χ1) is 18.5. The van der Waals surface area contributed by atoms with Crippen molar-refractivity contribution < 1.29 is 18.0 Å². The molecule has 0 radical (unpaired) electrons. The van der Waals surface area contributed by atoms with E-state index in [2.05, 4.69) is 5.32 Å². The fourth-order valence-corrected chi connectivity index (χ4v) is 5.42. The molecule has 208 valence electrons. The highest BCUT2D eigenvalue weighted by Gasteiger charge is 2.33. The van der Waals surface area contributed by atoms with Gasteiger partial charge in [-0.15, -0.1) is 0 Å². The lowest BCUT2D eigenvalue weighted by Gasteiger charge is -2.33. The van der Waals surface area contributed by atoms with Crippen molar-refractivity contribution in [3.05, 3.63) is 100 Å². The van der Waals surface area contributed by atoms with E-state index < -0.39 is 28.5 Å². The Morgan fingerprint density at radius 3 is 2.13 bits per heavy atom. The number of rotatable bonds is 12. The van der Waals surface area contributed by atoms with Crippen LogP contribution in [-0.2, 0) is 32.6 Å². The molecule has 0 aliphatic carbocycles. The molecule has 3 aromatic rings. The van der Waals surface area contributed by atoms with Crippen molar-refractivity contribution in [2.24, 2.45) is 5.92 Å². The standard InChI is InChI=1S/C29H33Cl2N3O4S/c1-21(2)18-32-29(36)27(17-22-8-5-4-6-9-22)34(19-23-10-7-11-25(31)16-23)28(35)20-33(3)39(37,38)26-14-12-24(30)13-15-26/h4-16,21,27H,17-20H2,1-3H3,(H,32,36)/t27-/m1/s1. The molecule has 39 heavy (non-hydrogen) atoms. The zero-order valence-electron chi connectivity index (χ0n) is 22.2. The number of sulfonamides is 1. The van der Waals surface area contributed by atoms with Crippen LogP contribution in [0.5, 0.6) is 0 Å². The molecule has 7 nitrogen and oxygen atoms in total. The minimum atomic E-state index is -3.98. The maximum Gasteiger partial charge on any atom is 0.243 e. The first kappa shape index (κ1) is 30.6. The van der Waals surface area contributed by atoms with Gasteiger partial charge in [-0.25, -0.2) is 8.42 Å². The summed E-state index contributed by atoms with van der Waals surface area (Å²) in [6.07, 6.45) is 0.255. The zero-order valence-corrected chi connectivity index (χ0v) is 24.5. The quantitative estimate of drug-likeness (QED) is 0.321. The number of likely N-dealkylation sites (N-methyl/N-ethyl adjacent to an activating group) is 1. The zero-order chi connectivity index (χ0) is 28.6. The van der Waals surface area contributed by atoms with Crippen LogP contribution < -0.4 is 5.32 Å². The summed E-state index contributed by atoms with van der Waals surface area (Å²) in [6.45, 7) is 4.01. The molecule has 0 saturated heterocycles. The molecule has 0 bridgehead atoms. The van der Waals surface area contributed by atoms with Gasteiger partial charge in [-0.05, 0) is 53.4 Å². The normalized spacial score (nSPS) is 12.4. The number of carbonyl (C=O) groups is 2. The molecule has 0 aromatic heterocycles. The van der Waals surface area contributed by atoms with Crippen LogP contribution in [-0.4, -0.2) is 55.6 Å². The van der Waals surface area contributed by atoms with Crippen LogP contribution in [0.15, 0.2) is 83.8 Å². The second-order valence-electron chi connectivity index (χ2n) is 9.71. The Morgan fingerprint density at radius 2 is 1.51 bits per heavy atom. The molecule has 10 heteroatoms. The largest absolute Gasteiger partial charge is 0.354 e. The smallest absolute Gasteiger partial charge is 0.243 e. The minimum absolute atomic E-state index is 0.0131. The van der Waals surface area contributed by atoms with Crippen LogP contribution >= 0.6 is 23.2 Å². The summed E-state index contributed by atoms with van der Waals surface area (Å²) in [6, 6.07) is 21.3. The van der Waals surface area contributed by atoms with Crippen molar-refractivity contribution in [3.63, 3.8) is 0 Å². The van der Waals surface area contributed by atoms with E-state index >= 15 is 0 Å². The lowest BCUT2D eigenvalue weighted by atomic mass is 10.0. The van der Waals surface area contributed by atoms with Crippen LogP contribution in [0.25, 0.3) is 0 Å². The number of nitrogens with zero attached hydrogens (tertiary/aromatic N) is 2. The highest BCUT2D eigenvalue weighted by molar-refractivity contribution is 7.89. The Hall–Kier alpha value is -2.91.